The smallest absolute Gasteiger partial charge is 0.326 e. The van der Waals surface area contributed by atoms with E-state index in [1.165, 1.54) is 0 Å². The fourth-order valence-electron chi connectivity index (χ4n) is 2.50. The number of hydrogen-bond donors (Lipinski definition) is 1. The first-order valence-corrected chi connectivity index (χ1v) is 6.34. The summed E-state index contributed by atoms with van der Waals surface area (Å²) in [6.07, 6.45) is 6.60. The fourth-order valence-corrected chi connectivity index (χ4v) is 2.50. The van der Waals surface area contributed by atoms with E-state index >= 15 is 0 Å². The first-order chi connectivity index (χ1) is 9.27. The summed E-state index contributed by atoms with van der Waals surface area (Å²) in [6, 6.07) is 3.07. The Balaban J connectivity index is 2.13. The van der Waals surface area contributed by atoms with Crippen molar-refractivity contribution in [3.05, 3.63) is 30.4 Å². The van der Waals surface area contributed by atoms with Crippen molar-refractivity contribution in [3.8, 4) is 11.4 Å². The molecule has 1 atom stereocenters. The highest BCUT2D eigenvalue weighted by Gasteiger charge is 2.28. The van der Waals surface area contributed by atoms with Crippen LogP contribution in [0.5, 0.6) is 0 Å². The van der Waals surface area contributed by atoms with Gasteiger partial charge in [-0.05, 0) is 25.0 Å². The molecule has 1 aliphatic heterocycles. The average molecular weight is 258 g/mol. The van der Waals surface area contributed by atoms with Crippen molar-refractivity contribution in [2.45, 2.75) is 31.7 Å². The van der Waals surface area contributed by atoms with Crippen LogP contribution in [0.15, 0.2) is 24.5 Å². The number of carbonyl (C=O) groups is 1. The SMILES string of the molecule is O=C(O)[C@H]1CCCCc2nnc(-c3ccncc3)n21. The topological polar surface area (TPSA) is 80.9 Å². The summed E-state index contributed by atoms with van der Waals surface area (Å²) in [5.74, 6) is 0.557. The van der Waals surface area contributed by atoms with Gasteiger partial charge in [-0.25, -0.2) is 4.79 Å². The second-order valence-electron chi connectivity index (χ2n) is 4.65. The normalized spacial score (nSPS) is 18.6. The third-order valence-electron chi connectivity index (χ3n) is 3.43. The third-order valence-corrected chi connectivity index (χ3v) is 3.43. The quantitative estimate of drug-likeness (QED) is 0.886. The van der Waals surface area contributed by atoms with E-state index in [9.17, 15) is 9.90 Å². The van der Waals surface area contributed by atoms with E-state index in [4.69, 9.17) is 0 Å². The highest BCUT2D eigenvalue weighted by molar-refractivity contribution is 5.73. The predicted molar refractivity (Wildman–Crippen MR) is 67.5 cm³/mol. The molecule has 6 nitrogen and oxygen atoms in total. The molecule has 0 aliphatic carbocycles. The average Bonchev–Trinajstić information content (AvgIpc) is 2.72. The number of rotatable bonds is 2. The molecule has 1 N–H and O–H groups in total. The molecule has 0 unspecified atom stereocenters. The van der Waals surface area contributed by atoms with Gasteiger partial charge in [-0.2, -0.15) is 0 Å². The zero-order chi connectivity index (χ0) is 13.2. The molecular formula is C13H14N4O2. The molecule has 3 heterocycles. The zero-order valence-electron chi connectivity index (χ0n) is 10.4. The lowest BCUT2D eigenvalue weighted by Crippen LogP contribution is -2.20. The molecule has 0 bridgehead atoms. The molecule has 0 radical (unpaired) electrons. The molecule has 2 aromatic heterocycles. The number of aliphatic carboxylic acids is 1. The summed E-state index contributed by atoms with van der Waals surface area (Å²) in [4.78, 5) is 15.4. The van der Waals surface area contributed by atoms with Crippen LogP contribution in [-0.4, -0.2) is 30.8 Å². The van der Waals surface area contributed by atoms with Crippen molar-refractivity contribution < 1.29 is 9.90 Å². The molecule has 0 fully saturated rings. The predicted octanol–water partition coefficient (Wildman–Crippen LogP) is 1.69. The molecule has 6 heteroatoms. The van der Waals surface area contributed by atoms with E-state index in [-0.39, 0.29) is 0 Å². The van der Waals surface area contributed by atoms with E-state index in [0.717, 1.165) is 30.7 Å². The maximum absolute atomic E-state index is 11.5. The van der Waals surface area contributed by atoms with Crippen LogP contribution in [0, 0.1) is 0 Å². The van der Waals surface area contributed by atoms with Crippen LogP contribution in [0.25, 0.3) is 11.4 Å². The van der Waals surface area contributed by atoms with Gasteiger partial charge < -0.3 is 5.11 Å². The summed E-state index contributed by atoms with van der Waals surface area (Å²) in [5.41, 5.74) is 0.849. The van der Waals surface area contributed by atoms with Gasteiger partial charge in [-0.1, -0.05) is 6.42 Å². The number of fused-ring (bicyclic) bond motifs is 1. The van der Waals surface area contributed by atoms with Crippen molar-refractivity contribution in [2.75, 3.05) is 0 Å². The zero-order valence-corrected chi connectivity index (χ0v) is 10.4. The van der Waals surface area contributed by atoms with Gasteiger partial charge in [-0.15, -0.1) is 10.2 Å². The van der Waals surface area contributed by atoms with Crippen molar-refractivity contribution >= 4 is 5.97 Å². The molecule has 0 spiro atoms. The Morgan fingerprint density at radius 3 is 2.79 bits per heavy atom. The first kappa shape index (κ1) is 11.8. The Labute approximate surface area is 110 Å². The summed E-state index contributed by atoms with van der Waals surface area (Å²) in [5, 5.41) is 17.7. The van der Waals surface area contributed by atoms with Gasteiger partial charge in [0.05, 0.1) is 0 Å². The third kappa shape index (κ3) is 2.09. The lowest BCUT2D eigenvalue weighted by Gasteiger charge is -2.15. The minimum atomic E-state index is -0.821. The molecule has 19 heavy (non-hydrogen) atoms. The highest BCUT2D eigenvalue weighted by atomic mass is 16.4. The molecule has 0 saturated carbocycles. The molecule has 2 aromatic rings. The first-order valence-electron chi connectivity index (χ1n) is 6.34. The van der Waals surface area contributed by atoms with E-state index in [2.05, 4.69) is 15.2 Å². The Morgan fingerprint density at radius 2 is 2.05 bits per heavy atom. The number of aryl methyl sites for hydroxylation is 1. The number of pyridine rings is 1. The summed E-state index contributed by atoms with van der Waals surface area (Å²) in [7, 11) is 0. The number of hydrogen-bond acceptors (Lipinski definition) is 4. The molecule has 1 aliphatic rings. The van der Waals surface area contributed by atoms with Crippen LogP contribution in [0.4, 0.5) is 0 Å². The lowest BCUT2D eigenvalue weighted by molar-refractivity contribution is -0.141. The van der Waals surface area contributed by atoms with Crippen molar-refractivity contribution in [3.63, 3.8) is 0 Å². The van der Waals surface area contributed by atoms with Crippen molar-refractivity contribution in [2.24, 2.45) is 0 Å². The van der Waals surface area contributed by atoms with Crippen molar-refractivity contribution in [1.29, 1.82) is 0 Å². The van der Waals surface area contributed by atoms with Gasteiger partial charge in [-0.3, -0.25) is 9.55 Å². The fraction of sp³-hybridized carbons (Fsp3) is 0.385. The molecule has 0 saturated heterocycles. The Kier molecular flexibility index (Phi) is 2.98. The molecule has 0 aromatic carbocycles. The van der Waals surface area contributed by atoms with Crippen LogP contribution < -0.4 is 0 Å². The van der Waals surface area contributed by atoms with Gasteiger partial charge in [0.25, 0.3) is 0 Å². The number of nitrogens with zero attached hydrogens (tertiary/aromatic N) is 4. The maximum atomic E-state index is 11.5. The Bertz CT molecular complexity index is 594. The minimum Gasteiger partial charge on any atom is -0.480 e. The lowest BCUT2D eigenvalue weighted by atomic mass is 10.1. The molecular weight excluding hydrogens is 244 g/mol. The van der Waals surface area contributed by atoms with Crippen LogP contribution in [0.2, 0.25) is 0 Å². The minimum absolute atomic E-state index is 0.573. The van der Waals surface area contributed by atoms with E-state index in [0.29, 0.717) is 12.2 Å². The summed E-state index contributed by atoms with van der Waals surface area (Å²) in [6.45, 7) is 0. The second kappa shape index (κ2) is 4.79. The molecule has 3 rings (SSSR count). The maximum Gasteiger partial charge on any atom is 0.326 e. The number of carboxylic acid groups (broad SMARTS) is 1. The monoisotopic (exact) mass is 258 g/mol. The van der Waals surface area contributed by atoms with Crippen molar-refractivity contribution in [1.82, 2.24) is 19.7 Å². The summed E-state index contributed by atoms with van der Waals surface area (Å²) < 4.78 is 1.77. The van der Waals surface area contributed by atoms with E-state index < -0.39 is 12.0 Å². The Hall–Kier alpha value is -2.24. The van der Waals surface area contributed by atoms with E-state index in [1.54, 1.807) is 17.0 Å². The van der Waals surface area contributed by atoms with E-state index in [1.807, 2.05) is 12.1 Å². The van der Waals surface area contributed by atoms with Gasteiger partial charge in [0.15, 0.2) is 5.82 Å². The van der Waals surface area contributed by atoms with Gasteiger partial charge in [0.1, 0.15) is 11.9 Å². The van der Waals surface area contributed by atoms with Gasteiger partial charge in [0, 0.05) is 24.4 Å². The van der Waals surface area contributed by atoms with Crippen LogP contribution in [-0.2, 0) is 11.2 Å². The van der Waals surface area contributed by atoms with Crippen LogP contribution >= 0.6 is 0 Å². The number of aromatic nitrogens is 4. The van der Waals surface area contributed by atoms with Crippen LogP contribution in [0.3, 0.4) is 0 Å². The summed E-state index contributed by atoms with van der Waals surface area (Å²) >= 11 is 0. The largest absolute Gasteiger partial charge is 0.480 e. The van der Waals surface area contributed by atoms with Gasteiger partial charge >= 0.3 is 5.97 Å². The molecule has 0 amide bonds. The second-order valence-corrected chi connectivity index (χ2v) is 4.65. The van der Waals surface area contributed by atoms with Gasteiger partial charge in [0.2, 0.25) is 0 Å². The number of carboxylic acids is 1. The Morgan fingerprint density at radius 1 is 1.26 bits per heavy atom. The highest BCUT2D eigenvalue weighted by Crippen LogP contribution is 2.29. The van der Waals surface area contributed by atoms with Crippen LogP contribution in [0.1, 0.15) is 31.1 Å². The standard InChI is InChI=1S/C13H14N4O2/c18-13(19)10-3-1-2-4-11-15-16-12(17(10)11)9-5-7-14-8-6-9/h5-8,10H,1-4H2,(H,18,19)/t10-/m1/s1. The molecule has 98 valence electrons.